The van der Waals surface area contributed by atoms with Gasteiger partial charge in [0.15, 0.2) is 0 Å². The van der Waals surface area contributed by atoms with Crippen LogP contribution in [0.2, 0.25) is 0 Å². The molecule has 0 aliphatic carbocycles. The van der Waals surface area contributed by atoms with Crippen molar-refractivity contribution in [1.82, 2.24) is 19.8 Å². The van der Waals surface area contributed by atoms with E-state index < -0.39 is 0 Å². The van der Waals surface area contributed by atoms with Gasteiger partial charge in [-0.3, -0.25) is 4.90 Å². The summed E-state index contributed by atoms with van der Waals surface area (Å²) in [6, 6.07) is 8.70. The maximum absolute atomic E-state index is 5.79. The summed E-state index contributed by atoms with van der Waals surface area (Å²) in [6.45, 7) is 5.19. The zero-order chi connectivity index (χ0) is 20.1. The van der Waals surface area contributed by atoms with E-state index in [9.17, 15) is 0 Å². The second kappa shape index (κ2) is 9.65. The fourth-order valence-corrected chi connectivity index (χ4v) is 4.32. The topological polar surface area (TPSA) is 50.7 Å². The van der Waals surface area contributed by atoms with Crippen molar-refractivity contribution in [3.05, 3.63) is 53.1 Å². The molecule has 1 aromatic heterocycles. The van der Waals surface area contributed by atoms with Gasteiger partial charge in [0.25, 0.3) is 0 Å². The molecule has 0 radical (unpaired) electrons. The lowest BCUT2D eigenvalue weighted by molar-refractivity contribution is 0.132. The van der Waals surface area contributed by atoms with Gasteiger partial charge in [0.05, 0.1) is 12.6 Å². The monoisotopic (exact) mass is 396 g/mol. The quantitative estimate of drug-likeness (QED) is 0.670. The smallest absolute Gasteiger partial charge is 0.145 e. The molecule has 2 aliphatic heterocycles. The third-order valence-electron chi connectivity index (χ3n) is 5.90. The number of likely N-dealkylation sites (tertiary alicyclic amines) is 1. The summed E-state index contributed by atoms with van der Waals surface area (Å²) in [6.07, 6.45) is 6.68. The third kappa shape index (κ3) is 5.13. The standard InChI is InChI=1S/C23H32N4O2/c1-26-11-9-21-19(17-26)15-24-23(25-21)22-8-3-4-10-27(22)16-18-6-5-7-20(14-18)29-13-12-28-2/h5-7,14-15,22H,3-4,8-13,16-17H2,1-2H3/t22-/m0/s1. The van der Waals surface area contributed by atoms with Crippen LogP contribution in [0.1, 0.15) is 47.9 Å². The maximum atomic E-state index is 5.79. The molecule has 0 saturated carbocycles. The van der Waals surface area contributed by atoms with Gasteiger partial charge < -0.3 is 14.4 Å². The maximum Gasteiger partial charge on any atom is 0.145 e. The van der Waals surface area contributed by atoms with Crippen LogP contribution in [0.25, 0.3) is 0 Å². The Morgan fingerprint density at radius 3 is 3.00 bits per heavy atom. The van der Waals surface area contributed by atoms with Gasteiger partial charge in [-0.1, -0.05) is 18.6 Å². The SMILES string of the molecule is COCCOc1cccc(CN2CCCC[C@H]2c2ncc3c(n2)CCN(C)C3)c1. The number of piperidine rings is 1. The summed E-state index contributed by atoms with van der Waals surface area (Å²) in [5, 5.41) is 0. The van der Waals surface area contributed by atoms with Crippen molar-refractivity contribution in [3.8, 4) is 5.75 Å². The highest BCUT2D eigenvalue weighted by atomic mass is 16.5. The molecule has 1 saturated heterocycles. The van der Waals surface area contributed by atoms with Gasteiger partial charge in [0.1, 0.15) is 18.2 Å². The molecule has 29 heavy (non-hydrogen) atoms. The predicted molar refractivity (Wildman–Crippen MR) is 113 cm³/mol. The van der Waals surface area contributed by atoms with Crippen molar-refractivity contribution in [1.29, 1.82) is 0 Å². The Balaban J connectivity index is 1.48. The first-order chi connectivity index (χ1) is 14.2. The van der Waals surface area contributed by atoms with Crippen molar-refractivity contribution in [2.75, 3.05) is 40.5 Å². The van der Waals surface area contributed by atoms with E-state index in [2.05, 4.69) is 41.2 Å². The van der Waals surface area contributed by atoms with Crippen LogP contribution in [0, 0.1) is 0 Å². The first-order valence-corrected chi connectivity index (χ1v) is 10.7. The molecule has 0 amide bonds. The van der Waals surface area contributed by atoms with E-state index in [1.807, 2.05) is 6.07 Å². The van der Waals surface area contributed by atoms with E-state index in [0.717, 1.165) is 50.6 Å². The van der Waals surface area contributed by atoms with Crippen molar-refractivity contribution in [2.45, 2.75) is 44.8 Å². The molecular weight excluding hydrogens is 364 g/mol. The van der Waals surface area contributed by atoms with E-state index in [1.54, 1.807) is 7.11 Å². The van der Waals surface area contributed by atoms with Gasteiger partial charge in [0.2, 0.25) is 0 Å². The Labute approximate surface area is 173 Å². The average Bonchev–Trinajstić information content (AvgIpc) is 2.74. The number of ether oxygens (including phenoxy) is 2. The normalized spacial score (nSPS) is 20.4. The molecule has 156 valence electrons. The lowest BCUT2D eigenvalue weighted by Gasteiger charge is -2.35. The van der Waals surface area contributed by atoms with Crippen LogP contribution >= 0.6 is 0 Å². The number of benzene rings is 1. The highest BCUT2D eigenvalue weighted by Gasteiger charge is 2.27. The van der Waals surface area contributed by atoms with Gasteiger partial charge in [-0.05, 0) is 44.1 Å². The Bertz CT molecular complexity index is 813. The van der Waals surface area contributed by atoms with Crippen LogP contribution in [0.4, 0.5) is 0 Å². The molecule has 2 aliphatic rings. The minimum Gasteiger partial charge on any atom is -0.491 e. The minimum atomic E-state index is 0.298. The molecule has 0 bridgehead atoms. The third-order valence-corrected chi connectivity index (χ3v) is 5.90. The Hall–Kier alpha value is -2.02. The van der Waals surface area contributed by atoms with Gasteiger partial charge in [-0.2, -0.15) is 0 Å². The highest BCUT2D eigenvalue weighted by molar-refractivity contribution is 5.29. The van der Waals surface area contributed by atoms with Crippen LogP contribution in [0.15, 0.2) is 30.5 Å². The van der Waals surface area contributed by atoms with Crippen LogP contribution in [0.5, 0.6) is 5.75 Å². The molecule has 6 heteroatoms. The Kier molecular flexibility index (Phi) is 6.74. The van der Waals surface area contributed by atoms with E-state index in [-0.39, 0.29) is 0 Å². The number of hydrogen-bond acceptors (Lipinski definition) is 6. The van der Waals surface area contributed by atoms with Gasteiger partial charge in [-0.25, -0.2) is 9.97 Å². The Morgan fingerprint density at radius 1 is 1.17 bits per heavy atom. The summed E-state index contributed by atoms with van der Waals surface area (Å²) < 4.78 is 10.9. The number of methoxy groups -OCH3 is 1. The first-order valence-electron chi connectivity index (χ1n) is 10.7. The molecular formula is C23H32N4O2. The Morgan fingerprint density at radius 2 is 2.10 bits per heavy atom. The molecule has 2 aromatic rings. The molecule has 4 rings (SSSR count). The minimum absolute atomic E-state index is 0.298. The van der Waals surface area contributed by atoms with E-state index >= 15 is 0 Å². The summed E-state index contributed by atoms with van der Waals surface area (Å²) >= 11 is 0. The molecule has 0 unspecified atom stereocenters. The summed E-state index contributed by atoms with van der Waals surface area (Å²) in [5.74, 6) is 1.91. The number of hydrogen-bond donors (Lipinski definition) is 0. The van der Waals surface area contributed by atoms with Crippen molar-refractivity contribution >= 4 is 0 Å². The van der Waals surface area contributed by atoms with E-state index in [1.165, 1.54) is 29.7 Å². The largest absolute Gasteiger partial charge is 0.491 e. The van der Waals surface area contributed by atoms with Crippen LogP contribution in [-0.2, 0) is 24.2 Å². The second-order valence-electron chi connectivity index (χ2n) is 8.16. The molecule has 3 heterocycles. The summed E-state index contributed by atoms with van der Waals surface area (Å²) in [5.41, 5.74) is 3.80. The molecule has 0 N–H and O–H groups in total. The predicted octanol–water partition coefficient (Wildman–Crippen LogP) is 3.22. The molecule has 0 spiro atoms. The van der Waals surface area contributed by atoms with Crippen molar-refractivity contribution in [3.63, 3.8) is 0 Å². The van der Waals surface area contributed by atoms with E-state index in [4.69, 9.17) is 19.4 Å². The summed E-state index contributed by atoms with van der Waals surface area (Å²) in [4.78, 5) is 14.7. The lowest BCUT2D eigenvalue weighted by Crippen LogP contribution is -2.35. The zero-order valence-electron chi connectivity index (χ0n) is 17.6. The van der Waals surface area contributed by atoms with Crippen molar-refractivity contribution in [2.24, 2.45) is 0 Å². The molecule has 1 aromatic carbocycles. The first kappa shape index (κ1) is 20.3. The van der Waals surface area contributed by atoms with Crippen LogP contribution in [-0.4, -0.2) is 60.2 Å². The fraction of sp³-hybridized carbons (Fsp3) is 0.565. The van der Waals surface area contributed by atoms with E-state index in [0.29, 0.717) is 19.3 Å². The number of likely N-dealkylation sites (N-methyl/N-ethyl adjacent to an activating group) is 1. The molecule has 1 fully saturated rings. The molecule has 1 atom stereocenters. The van der Waals surface area contributed by atoms with Gasteiger partial charge >= 0.3 is 0 Å². The number of fused-ring (bicyclic) bond motifs is 1. The van der Waals surface area contributed by atoms with Crippen molar-refractivity contribution < 1.29 is 9.47 Å². The van der Waals surface area contributed by atoms with Gasteiger partial charge in [0, 0.05) is 50.6 Å². The highest BCUT2D eigenvalue weighted by Crippen LogP contribution is 2.31. The average molecular weight is 397 g/mol. The lowest BCUT2D eigenvalue weighted by atomic mass is 9.99. The number of nitrogens with zero attached hydrogens (tertiary/aromatic N) is 4. The fourth-order valence-electron chi connectivity index (χ4n) is 4.32. The number of rotatable bonds is 7. The van der Waals surface area contributed by atoms with Crippen LogP contribution < -0.4 is 4.74 Å². The zero-order valence-corrected chi connectivity index (χ0v) is 17.6. The second-order valence-corrected chi connectivity index (χ2v) is 8.16. The van der Waals surface area contributed by atoms with Crippen LogP contribution in [0.3, 0.4) is 0 Å². The van der Waals surface area contributed by atoms with Gasteiger partial charge in [-0.15, -0.1) is 0 Å². The molecule has 6 nitrogen and oxygen atoms in total. The summed E-state index contributed by atoms with van der Waals surface area (Å²) in [7, 11) is 3.85. The number of aromatic nitrogens is 2.